The lowest BCUT2D eigenvalue weighted by Crippen LogP contribution is -2.28. The van der Waals surface area contributed by atoms with Crippen molar-refractivity contribution in [1.82, 2.24) is 15.4 Å². The zero-order valence-corrected chi connectivity index (χ0v) is 12.5. The first-order valence-electron chi connectivity index (χ1n) is 6.80. The second-order valence-corrected chi connectivity index (χ2v) is 6.40. The summed E-state index contributed by atoms with van der Waals surface area (Å²) in [5.74, 6) is 0.989. The van der Waals surface area contributed by atoms with Crippen LogP contribution in [0.4, 0.5) is 5.13 Å². The lowest BCUT2D eigenvalue weighted by molar-refractivity contribution is -0.118. The second-order valence-electron chi connectivity index (χ2n) is 5.22. The third kappa shape index (κ3) is 2.12. The molecule has 4 rings (SSSR count). The molecule has 0 radical (unpaired) electrons. The van der Waals surface area contributed by atoms with Crippen LogP contribution in [0.25, 0.3) is 11.5 Å². The van der Waals surface area contributed by atoms with E-state index >= 15 is 0 Å². The molecular weight excluding hydrogens is 304 g/mol. The average Bonchev–Trinajstić information content (AvgIpc) is 2.93. The summed E-state index contributed by atoms with van der Waals surface area (Å²) < 4.78 is 10.6. The number of amides is 1. The lowest BCUT2D eigenvalue weighted by Gasteiger charge is -2.09. The molecular formula is C14H12N4O3S. The minimum atomic E-state index is -0.631. The van der Waals surface area contributed by atoms with E-state index < -0.39 is 5.41 Å². The molecule has 112 valence electrons. The van der Waals surface area contributed by atoms with Gasteiger partial charge in [-0.1, -0.05) is 16.5 Å². The summed E-state index contributed by atoms with van der Waals surface area (Å²) in [6.07, 6.45) is 3.04. The smallest absolute Gasteiger partial charge is 0.238 e. The topological polar surface area (TPSA) is 94.1 Å². The maximum absolute atomic E-state index is 12.5. The molecule has 0 unspecified atom stereocenters. The molecule has 0 bridgehead atoms. The molecule has 3 aromatic heterocycles. The van der Waals surface area contributed by atoms with Gasteiger partial charge in [-0.25, -0.2) is 0 Å². The molecule has 1 N–H and O–H groups in total. The highest BCUT2D eigenvalue weighted by Gasteiger charge is 2.54. The number of hydrogen-bond acceptors (Lipinski definition) is 7. The van der Waals surface area contributed by atoms with Crippen LogP contribution in [-0.2, 0) is 10.2 Å². The molecule has 1 amide bonds. The van der Waals surface area contributed by atoms with Crippen LogP contribution in [0.2, 0.25) is 0 Å². The fourth-order valence-corrected chi connectivity index (χ4v) is 2.91. The fraction of sp³-hybridized carbons (Fsp3) is 0.286. The number of nitrogens with one attached hydrogen (secondary N) is 1. The molecule has 1 saturated carbocycles. The van der Waals surface area contributed by atoms with E-state index in [1.54, 1.807) is 24.5 Å². The Bertz CT molecular complexity index is 817. The van der Waals surface area contributed by atoms with Crippen molar-refractivity contribution in [2.45, 2.75) is 25.2 Å². The van der Waals surface area contributed by atoms with Crippen molar-refractivity contribution in [1.29, 1.82) is 0 Å². The van der Waals surface area contributed by atoms with E-state index in [1.807, 2.05) is 6.92 Å². The number of carbonyl (C=O) groups excluding carboxylic acids is 1. The number of aromatic nitrogens is 3. The highest BCUT2D eigenvalue weighted by Crippen LogP contribution is 2.49. The molecule has 0 atom stereocenters. The quantitative estimate of drug-likeness (QED) is 0.795. The van der Waals surface area contributed by atoms with Crippen molar-refractivity contribution in [3.63, 3.8) is 0 Å². The molecule has 0 aromatic carbocycles. The first-order valence-corrected chi connectivity index (χ1v) is 7.62. The van der Waals surface area contributed by atoms with Crippen LogP contribution in [0.5, 0.6) is 0 Å². The molecule has 0 spiro atoms. The summed E-state index contributed by atoms with van der Waals surface area (Å²) in [7, 11) is 0. The fourth-order valence-electron chi connectivity index (χ4n) is 2.32. The van der Waals surface area contributed by atoms with E-state index in [0.29, 0.717) is 22.3 Å². The molecule has 3 heterocycles. The highest BCUT2D eigenvalue weighted by atomic mass is 32.1. The van der Waals surface area contributed by atoms with E-state index in [-0.39, 0.29) is 5.91 Å². The van der Waals surface area contributed by atoms with Crippen molar-refractivity contribution in [3.8, 4) is 11.5 Å². The second kappa shape index (κ2) is 4.77. The van der Waals surface area contributed by atoms with Gasteiger partial charge in [0.05, 0.1) is 17.4 Å². The van der Waals surface area contributed by atoms with Gasteiger partial charge < -0.3 is 8.94 Å². The first kappa shape index (κ1) is 13.2. The molecule has 22 heavy (non-hydrogen) atoms. The summed E-state index contributed by atoms with van der Waals surface area (Å²) in [6, 6.07) is 5.32. The van der Waals surface area contributed by atoms with Gasteiger partial charge in [0.2, 0.25) is 16.8 Å². The third-order valence-corrected chi connectivity index (χ3v) is 4.45. The van der Waals surface area contributed by atoms with E-state index in [4.69, 9.17) is 8.94 Å². The Morgan fingerprint density at radius 3 is 2.86 bits per heavy atom. The number of anilines is 1. The van der Waals surface area contributed by atoms with Gasteiger partial charge in [-0.3, -0.25) is 10.1 Å². The molecule has 8 heteroatoms. The van der Waals surface area contributed by atoms with Gasteiger partial charge in [0, 0.05) is 6.07 Å². The number of carbonyl (C=O) groups is 1. The summed E-state index contributed by atoms with van der Waals surface area (Å²) >= 11 is 1.35. The SMILES string of the molecule is Cc1nnc(NC(=O)C2(c3cc(-c4ccco4)on3)CC2)s1. The summed E-state index contributed by atoms with van der Waals surface area (Å²) in [4.78, 5) is 12.5. The van der Waals surface area contributed by atoms with E-state index in [0.717, 1.165) is 17.8 Å². The Labute approximate surface area is 129 Å². The van der Waals surface area contributed by atoms with Crippen molar-refractivity contribution < 1.29 is 13.7 Å². The lowest BCUT2D eigenvalue weighted by atomic mass is 10.0. The van der Waals surface area contributed by atoms with Crippen LogP contribution in [0.1, 0.15) is 23.5 Å². The van der Waals surface area contributed by atoms with Crippen LogP contribution < -0.4 is 5.32 Å². The Kier molecular flexibility index (Phi) is 2.86. The van der Waals surface area contributed by atoms with Crippen molar-refractivity contribution in [2.24, 2.45) is 0 Å². The van der Waals surface area contributed by atoms with E-state index in [9.17, 15) is 4.79 Å². The van der Waals surface area contributed by atoms with Gasteiger partial charge >= 0.3 is 0 Å². The maximum atomic E-state index is 12.5. The number of rotatable bonds is 4. The van der Waals surface area contributed by atoms with Crippen molar-refractivity contribution in [3.05, 3.63) is 35.2 Å². The van der Waals surface area contributed by atoms with Crippen LogP contribution in [0.15, 0.2) is 33.4 Å². The molecule has 1 fully saturated rings. The monoisotopic (exact) mass is 316 g/mol. The normalized spacial score (nSPS) is 15.7. The Hall–Kier alpha value is -2.48. The van der Waals surface area contributed by atoms with Crippen LogP contribution in [-0.4, -0.2) is 21.3 Å². The van der Waals surface area contributed by atoms with Gasteiger partial charge in [-0.15, -0.1) is 10.2 Å². The Morgan fingerprint density at radius 2 is 2.23 bits per heavy atom. The van der Waals surface area contributed by atoms with Crippen molar-refractivity contribution >= 4 is 22.4 Å². The van der Waals surface area contributed by atoms with Crippen LogP contribution >= 0.6 is 11.3 Å². The number of furan rings is 1. The third-order valence-electron chi connectivity index (χ3n) is 3.70. The average molecular weight is 316 g/mol. The number of nitrogens with zero attached hydrogens (tertiary/aromatic N) is 3. The molecule has 1 aliphatic carbocycles. The molecule has 0 aliphatic heterocycles. The molecule has 7 nitrogen and oxygen atoms in total. The Balaban J connectivity index is 1.57. The minimum Gasteiger partial charge on any atom is -0.461 e. The van der Waals surface area contributed by atoms with Gasteiger partial charge in [0.25, 0.3) is 0 Å². The largest absolute Gasteiger partial charge is 0.461 e. The molecule has 0 saturated heterocycles. The highest BCUT2D eigenvalue weighted by molar-refractivity contribution is 7.15. The van der Waals surface area contributed by atoms with E-state index in [2.05, 4.69) is 20.7 Å². The molecule has 3 aromatic rings. The van der Waals surface area contributed by atoms with Crippen LogP contribution in [0, 0.1) is 6.92 Å². The summed E-state index contributed by atoms with van der Waals surface area (Å²) in [5, 5.41) is 16.0. The predicted octanol–water partition coefficient (Wildman–Crippen LogP) is 2.76. The minimum absolute atomic E-state index is 0.122. The maximum Gasteiger partial charge on any atom is 0.238 e. The predicted molar refractivity (Wildman–Crippen MR) is 78.4 cm³/mol. The van der Waals surface area contributed by atoms with Crippen molar-refractivity contribution in [2.75, 3.05) is 5.32 Å². The zero-order valence-electron chi connectivity index (χ0n) is 11.7. The van der Waals surface area contributed by atoms with Gasteiger partial charge in [0.15, 0.2) is 5.76 Å². The number of aryl methyl sites for hydroxylation is 1. The first-order chi connectivity index (χ1) is 10.7. The van der Waals surface area contributed by atoms with Gasteiger partial charge in [0.1, 0.15) is 5.01 Å². The van der Waals surface area contributed by atoms with Gasteiger partial charge in [-0.05, 0) is 31.9 Å². The standard InChI is InChI=1S/C14H12N4O3S/c1-8-16-17-13(22-8)15-12(19)14(4-5-14)11-7-10(21-18-11)9-3-2-6-20-9/h2-3,6-7H,4-5H2,1H3,(H,15,17,19). The Morgan fingerprint density at radius 1 is 1.36 bits per heavy atom. The van der Waals surface area contributed by atoms with Crippen LogP contribution in [0.3, 0.4) is 0 Å². The number of hydrogen-bond donors (Lipinski definition) is 1. The zero-order chi connectivity index (χ0) is 15.2. The van der Waals surface area contributed by atoms with Gasteiger partial charge in [-0.2, -0.15) is 0 Å². The summed E-state index contributed by atoms with van der Waals surface area (Å²) in [6.45, 7) is 1.84. The van der Waals surface area contributed by atoms with E-state index in [1.165, 1.54) is 11.3 Å². The molecule has 1 aliphatic rings. The summed E-state index contributed by atoms with van der Waals surface area (Å²) in [5.41, 5.74) is -0.00822.